The molecule has 1 aliphatic heterocycles. The van der Waals surface area contributed by atoms with Crippen LogP contribution in [0.25, 0.3) is 6.08 Å². The predicted octanol–water partition coefficient (Wildman–Crippen LogP) is 2.74. The zero-order valence-corrected chi connectivity index (χ0v) is 15.3. The molecular formula is C17H14BrNO5S. The molecule has 1 aliphatic rings. The molecule has 1 N–H and O–H groups in total. The Balaban J connectivity index is 1.75. The lowest BCUT2D eigenvalue weighted by molar-refractivity contribution is -0.114. The average Bonchev–Trinajstić information content (AvgIpc) is 2.60. The molecule has 0 unspecified atom stereocenters. The summed E-state index contributed by atoms with van der Waals surface area (Å²) in [5, 5.41) is 0. The van der Waals surface area contributed by atoms with E-state index in [0.29, 0.717) is 24.7 Å². The van der Waals surface area contributed by atoms with Gasteiger partial charge in [-0.2, -0.15) is 0 Å². The first-order chi connectivity index (χ1) is 12.0. The Morgan fingerprint density at radius 2 is 1.80 bits per heavy atom. The Labute approximate surface area is 153 Å². The second-order valence-corrected chi connectivity index (χ2v) is 7.67. The Bertz CT molecular complexity index is 940. The van der Waals surface area contributed by atoms with Crippen LogP contribution in [0, 0.1) is 0 Å². The van der Waals surface area contributed by atoms with E-state index >= 15 is 0 Å². The van der Waals surface area contributed by atoms with E-state index in [1.165, 1.54) is 24.3 Å². The summed E-state index contributed by atoms with van der Waals surface area (Å²) in [7, 11) is -4.01. The van der Waals surface area contributed by atoms with Crippen molar-refractivity contribution >= 4 is 37.9 Å². The molecular weight excluding hydrogens is 410 g/mol. The maximum atomic E-state index is 12.3. The summed E-state index contributed by atoms with van der Waals surface area (Å²) < 4.78 is 38.2. The molecule has 130 valence electrons. The Hall–Kier alpha value is -2.32. The van der Waals surface area contributed by atoms with Crippen molar-refractivity contribution in [2.45, 2.75) is 4.90 Å². The summed E-state index contributed by atoms with van der Waals surface area (Å²) in [5.74, 6) is 0.0707. The summed E-state index contributed by atoms with van der Waals surface area (Å²) in [6.07, 6.45) is 2.69. The number of sulfonamides is 1. The highest BCUT2D eigenvalue weighted by molar-refractivity contribution is 9.10. The number of carbonyl (C=O) groups is 1. The molecule has 0 bridgehead atoms. The number of halogens is 1. The number of hydrogen-bond donors (Lipinski definition) is 1. The topological polar surface area (TPSA) is 81.7 Å². The highest BCUT2D eigenvalue weighted by Gasteiger charge is 2.20. The zero-order chi connectivity index (χ0) is 17.9. The molecule has 2 aromatic carbocycles. The first-order valence-corrected chi connectivity index (χ1v) is 9.62. The molecule has 6 nitrogen and oxygen atoms in total. The van der Waals surface area contributed by atoms with Gasteiger partial charge in [0, 0.05) is 16.6 Å². The molecule has 0 atom stereocenters. The van der Waals surface area contributed by atoms with E-state index in [4.69, 9.17) is 9.47 Å². The molecule has 0 radical (unpaired) electrons. The lowest BCUT2D eigenvalue weighted by Crippen LogP contribution is -2.29. The minimum atomic E-state index is -4.01. The van der Waals surface area contributed by atoms with Gasteiger partial charge in [0.2, 0.25) is 0 Å². The van der Waals surface area contributed by atoms with Gasteiger partial charge in [-0.1, -0.05) is 34.1 Å². The van der Waals surface area contributed by atoms with Crippen LogP contribution in [-0.2, 0) is 14.8 Å². The molecule has 3 rings (SSSR count). The van der Waals surface area contributed by atoms with Gasteiger partial charge in [-0.05, 0) is 29.8 Å². The van der Waals surface area contributed by atoms with Crippen molar-refractivity contribution in [2.24, 2.45) is 0 Å². The number of benzene rings is 2. The number of fused-ring (bicyclic) bond motifs is 1. The van der Waals surface area contributed by atoms with Crippen LogP contribution in [0.2, 0.25) is 0 Å². The maximum Gasteiger partial charge on any atom is 0.264 e. The molecule has 0 aromatic heterocycles. The van der Waals surface area contributed by atoms with Gasteiger partial charge in [0.15, 0.2) is 11.5 Å². The van der Waals surface area contributed by atoms with Crippen molar-refractivity contribution in [2.75, 3.05) is 13.2 Å². The minimum Gasteiger partial charge on any atom is -0.486 e. The normalized spacial score (nSPS) is 13.6. The van der Waals surface area contributed by atoms with Crippen LogP contribution in [0.15, 0.2) is 57.9 Å². The Morgan fingerprint density at radius 3 is 2.56 bits per heavy atom. The zero-order valence-electron chi connectivity index (χ0n) is 12.9. The van der Waals surface area contributed by atoms with Crippen LogP contribution < -0.4 is 14.2 Å². The molecule has 1 heterocycles. The van der Waals surface area contributed by atoms with Crippen molar-refractivity contribution < 1.29 is 22.7 Å². The third kappa shape index (κ3) is 4.21. The number of nitrogens with one attached hydrogen (secondary N) is 1. The fourth-order valence-electron chi connectivity index (χ4n) is 2.19. The molecule has 0 saturated heterocycles. The third-order valence-electron chi connectivity index (χ3n) is 3.38. The van der Waals surface area contributed by atoms with Gasteiger partial charge < -0.3 is 9.47 Å². The highest BCUT2D eigenvalue weighted by Crippen LogP contribution is 2.32. The molecule has 0 aliphatic carbocycles. The summed E-state index contributed by atoms with van der Waals surface area (Å²) in [5.41, 5.74) is 0.759. The summed E-state index contributed by atoms with van der Waals surface area (Å²) in [6, 6.07) is 11.5. The standard InChI is InChI=1S/C17H14BrNO5S/c18-14-4-2-1-3-12(14)5-8-17(20)19-25(21,22)13-6-7-15-16(11-13)24-10-9-23-15/h1-8,11H,9-10H2,(H,19,20). The lowest BCUT2D eigenvalue weighted by Gasteiger charge is -2.18. The Kier molecular flexibility index (Phi) is 5.10. The molecule has 0 saturated carbocycles. The van der Waals surface area contributed by atoms with Gasteiger partial charge >= 0.3 is 0 Å². The van der Waals surface area contributed by atoms with Crippen LogP contribution in [0.4, 0.5) is 0 Å². The Morgan fingerprint density at radius 1 is 1.08 bits per heavy atom. The van der Waals surface area contributed by atoms with Gasteiger partial charge in [-0.25, -0.2) is 13.1 Å². The van der Waals surface area contributed by atoms with Crippen molar-refractivity contribution in [3.63, 3.8) is 0 Å². The number of hydrogen-bond acceptors (Lipinski definition) is 5. The molecule has 25 heavy (non-hydrogen) atoms. The SMILES string of the molecule is O=C(C=Cc1ccccc1Br)NS(=O)(=O)c1ccc2c(c1)OCCO2. The minimum absolute atomic E-state index is 0.0700. The molecule has 2 aromatic rings. The van der Waals surface area contributed by atoms with Crippen molar-refractivity contribution in [1.82, 2.24) is 4.72 Å². The van der Waals surface area contributed by atoms with E-state index in [0.717, 1.165) is 16.1 Å². The summed E-state index contributed by atoms with van der Waals surface area (Å²) >= 11 is 3.35. The molecule has 0 spiro atoms. The maximum absolute atomic E-state index is 12.3. The van der Waals surface area contributed by atoms with Gasteiger partial charge in [0.1, 0.15) is 13.2 Å². The van der Waals surface area contributed by atoms with Crippen LogP contribution in [0.5, 0.6) is 11.5 Å². The van der Waals surface area contributed by atoms with Gasteiger partial charge in [-0.15, -0.1) is 0 Å². The van der Waals surface area contributed by atoms with E-state index in [2.05, 4.69) is 15.9 Å². The van der Waals surface area contributed by atoms with Gasteiger partial charge in [0.05, 0.1) is 4.90 Å². The first kappa shape index (κ1) is 17.5. The number of amides is 1. The fraction of sp³-hybridized carbons (Fsp3) is 0.118. The van der Waals surface area contributed by atoms with Crippen molar-refractivity contribution in [1.29, 1.82) is 0 Å². The van der Waals surface area contributed by atoms with E-state index in [-0.39, 0.29) is 4.90 Å². The van der Waals surface area contributed by atoms with Gasteiger partial charge in [-0.3, -0.25) is 4.79 Å². The van der Waals surface area contributed by atoms with Crippen LogP contribution >= 0.6 is 15.9 Å². The summed E-state index contributed by atoms with van der Waals surface area (Å²) in [4.78, 5) is 11.9. The van der Waals surface area contributed by atoms with Crippen molar-refractivity contribution in [3.05, 3.63) is 58.6 Å². The van der Waals surface area contributed by atoms with Crippen LogP contribution in [0.1, 0.15) is 5.56 Å². The number of ether oxygens (including phenoxy) is 2. The quantitative estimate of drug-likeness (QED) is 0.764. The average molecular weight is 424 g/mol. The molecule has 8 heteroatoms. The largest absolute Gasteiger partial charge is 0.486 e. The number of rotatable bonds is 4. The second-order valence-electron chi connectivity index (χ2n) is 5.13. The number of carbonyl (C=O) groups excluding carboxylic acids is 1. The van der Waals surface area contributed by atoms with E-state index in [1.54, 1.807) is 6.07 Å². The van der Waals surface area contributed by atoms with Crippen LogP contribution in [-0.4, -0.2) is 27.5 Å². The molecule has 0 fully saturated rings. The fourth-order valence-corrected chi connectivity index (χ4v) is 3.57. The monoisotopic (exact) mass is 423 g/mol. The van der Waals surface area contributed by atoms with Crippen LogP contribution in [0.3, 0.4) is 0 Å². The second kappa shape index (κ2) is 7.28. The first-order valence-electron chi connectivity index (χ1n) is 7.35. The van der Waals surface area contributed by atoms with E-state index < -0.39 is 15.9 Å². The highest BCUT2D eigenvalue weighted by atomic mass is 79.9. The van der Waals surface area contributed by atoms with Gasteiger partial charge in [0.25, 0.3) is 15.9 Å². The van der Waals surface area contributed by atoms with E-state index in [1.807, 2.05) is 22.9 Å². The lowest BCUT2D eigenvalue weighted by atomic mass is 10.2. The molecule has 1 amide bonds. The summed E-state index contributed by atoms with van der Waals surface area (Å²) in [6.45, 7) is 0.757. The van der Waals surface area contributed by atoms with Crippen molar-refractivity contribution in [3.8, 4) is 11.5 Å². The predicted molar refractivity (Wildman–Crippen MR) is 95.9 cm³/mol. The third-order valence-corrected chi connectivity index (χ3v) is 5.45. The smallest absolute Gasteiger partial charge is 0.264 e. The van der Waals surface area contributed by atoms with E-state index in [9.17, 15) is 13.2 Å².